The maximum atomic E-state index is 10.8. The highest BCUT2D eigenvalue weighted by atomic mass is 32.2. The van der Waals surface area contributed by atoms with Crippen LogP contribution >= 0.6 is 11.8 Å². The molecule has 10 nitrogen and oxygen atoms in total. The van der Waals surface area contributed by atoms with Gasteiger partial charge in [0.15, 0.2) is 0 Å². The van der Waals surface area contributed by atoms with Crippen molar-refractivity contribution in [3.05, 3.63) is 70.1 Å². The molecule has 4 aromatic rings. The van der Waals surface area contributed by atoms with Crippen molar-refractivity contribution in [3.8, 4) is 17.1 Å². The molecule has 0 radical (unpaired) electrons. The predicted molar refractivity (Wildman–Crippen MR) is 109 cm³/mol. The standard InChI is InChI=1S/C19H17N7O3S/c1-12(2)13-3-7-15(8-4-13)25-19(22-23-24-25)30-11-17-20-21-18(29-17)14-5-9-16(10-6-14)26(27)28/h3-10,12H,11H2,1-2H3. The van der Waals surface area contributed by atoms with Gasteiger partial charge in [-0.05, 0) is 46.2 Å². The van der Waals surface area contributed by atoms with Crippen LogP contribution in [-0.2, 0) is 5.75 Å². The first-order valence-corrected chi connectivity index (χ1v) is 10.1. The van der Waals surface area contributed by atoms with Crippen LogP contribution in [0.1, 0.15) is 31.2 Å². The Balaban J connectivity index is 1.45. The van der Waals surface area contributed by atoms with Gasteiger partial charge in [-0.25, -0.2) is 0 Å². The van der Waals surface area contributed by atoms with Crippen molar-refractivity contribution in [1.29, 1.82) is 0 Å². The van der Waals surface area contributed by atoms with Crippen molar-refractivity contribution in [2.24, 2.45) is 0 Å². The largest absolute Gasteiger partial charge is 0.420 e. The summed E-state index contributed by atoms with van der Waals surface area (Å²) in [6.45, 7) is 4.28. The Hall–Kier alpha value is -3.60. The fourth-order valence-electron chi connectivity index (χ4n) is 2.71. The van der Waals surface area contributed by atoms with Crippen molar-refractivity contribution < 1.29 is 9.34 Å². The van der Waals surface area contributed by atoms with Crippen molar-refractivity contribution in [3.63, 3.8) is 0 Å². The first-order valence-electron chi connectivity index (χ1n) is 9.10. The number of benzene rings is 2. The highest BCUT2D eigenvalue weighted by Gasteiger charge is 2.14. The van der Waals surface area contributed by atoms with Crippen LogP contribution in [0.5, 0.6) is 0 Å². The lowest BCUT2D eigenvalue weighted by Crippen LogP contribution is -2.00. The van der Waals surface area contributed by atoms with E-state index in [0.717, 1.165) is 5.69 Å². The molecule has 0 aliphatic rings. The number of non-ortho nitro benzene ring substituents is 1. The van der Waals surface area contributed by atoms with E-state index in [2.05, 4.69) is 51.7 Å². The number of hydrogen-bond donors (Lipinski definition) is 0. The quantitative estimate of drug-likeness (QED) is 0.246. The van der Waals surface area contributed by atoms with Gasteiger partial charge >= 0.3 is 0 Å². The summed E-state index contributed by atoms with van der Waals surface area (Å²) in [5.41, 5.74) is 2.72. The predicted octanol–water partition coefficient (Wildman–Crippen LogP) is 4.04. The van der Waals surface area contributed by atoms with Crippen LogP contribution < -0.4 is 0 Å². The molecule has 0 saturated heterocycles. The fraction of sp³-hybridized carbons (Fsp3) is 0.211. The molecule has 0 saturated carbocycles. The molecule has 30 heavy (non-hydrogen) atoms. The molecule has 0 N–H and O–H groups in total. The monoisotopic (exact) mass is 423 g/mol. The molecular weight excluding hydrogens is 406 g/mol. The first-order chi connectivity index (χ1) is 14.5. The number of tetrazole rings is 1. The lowest BCUT2D eigenvalue weighted by atomic mass is 10.0. The summed E-state index contributed by atoms with van der Waals surface area (Å²) in [4.78, 5) is 10.3. The van der Waals surface area contributed by atoms with Gasteiger partial charge < -0.3 is 4.42 Å². The zero-order valence-corrected chi connectivity index (χ0v) is 17.0. The second-order valence-electron chi connectivity index (χ2n) is 6.71. The minimum atomic E-state index is -0.458. The van der Waals surface area contributed by atoms with Gasteiger partial charge in [-0.2, -0.15) is 4.68 Å². The third-order valence-electron chi connectivity index (χ3n) is 4.36. The van der Waals surface area contributed by atoms with Gasteiger partial charge in [-0.15, -0.1) is 15.3 Å². The van der Waals surface area contributed by atoms with E-state index in [4.69, 9.17) is 4.42 Å². The third-order valence-corrected chi connectivity index (χ3v) is 5.27. The molecule has 2 heterocycles. The van der Waals surface area contributed by atoms with Crippen LogP contribution in [0.4, 0.5) is 5.69 Å². The molecule has 2 aromatic carbocycles. The Labute approximate surface area is 175 Å². The van der Waals surface area contributed by atoms with Crippen molar-refractivity contribution in [2.45, 2.75) is 30.7 Å². The average Bonchev–Trinajstić information content (AvgIpc) is 3.42. The van der Waals surface area contributed by atoms with E-state index < -0.39 is 4.92 Å². The van der Waals surface area contributed by atoms with E-state index in [1.807, 2.05) is 12.1 Å². The molecular formula is C19H17N7O3S. The summed E-state index contributed by atoms with van der Waals surface area (Å²) in [6, 6.07) is 14.0. The Morgan fingerprint density at radius 2 is 1.80 bits per heavy atom. The average molecular weight is 423 g/mol. The normalized spacial score (nSPS) is 11.2. The van der Waals surface area contributed by atoms with Gasteiger partial charge in [0, 0.05) is 17.7 Å². The fourth-order valence-corrected chi connectivity index (χ4v) is 3.44. The number of nitrogens with zero attached hydrogens (tertiary/aromatic N) is 7. The summed E-state index contributed by atoms with van der Waals surface area (Å²) < 4.78 is 7.32. The van der Waals surface area contributed by atoms with E-state index in [-0.39, 0.29) is 5.69 Å². The first kappa shape index (κ1) is 19.7. The lowest BCUT2D eigenvalue weighted by Gasteiger charge is -2.07. The summed E-state index contributed by atoms with van der Waals surface area (Å²) in [7, 11) is 0. The van der Waals surface area contributed by atoms with E-state index in [0.29, 0.717) is 34.2 Å². The zero-order chi connectivity index (χ0) is 21.1. The molecule has 2 aromatic heterocycles. The van der Waals surface area contributed by atoms with Gasteiger partial charge in [0.1, 0.15) is 0 Å². The number of thioether (sulfide) groups is 1. The Morgan fingerprint density at radius 1 is 1.07 bits per heavy atom. The highest BCUT2D eigenvalue weighted by molar-refractivity contribution is 7.98. The Kier molecular flexibility index (Phi) is 5.53. The smallest absolute Gasteiger partial charge is 0.269 e. The second kappa shape index (κ2) is 8.41. The number of nitro groups is 1. The maximum Gasteiger partial charge on any atom is 0.269 e. The summed E-state index contributed by atoms with van der Waals surface area (Å²) in [6.07, 6.45) is 0. The topological polar surface area (TPSA) is 126 Å². The van der Waals surface area contributed by atoms with Crippen LogP contribution in [0, 0.1) is 10.1 Å². The third kappa shape index (κ3) is 4.20. The molecule has 0 bridgehead atoms. The van der Waals surface area contributed by atoms with E-state index >= 15 is 0 Å². The molecule has 0 amide bonds. The van der Waals surface area contributed by atoms with Crippen molar-refractivity contribution in [2.75, 3.05) is 0 Å². The Morgan fingerprint density at radius 3 is 2.47 bits per heavy atom. The Bertz CT molecular complexity index is 1150. The molecule has 0 aliphatic heterocycles. The van der Waals surface area contributed by atoms with Crippen LogP contribution in [0.15, 0.2) is 58.1 Å². The molecule has 11 heteroatoms. The van der Waals surface area contributed by atoms with E-state index in [1.165, 1.54) is 29.5 Å². The number of rotatable bonds is 7. The molecule has 0 spiro atoms. The number of aromatic nitrogens is 6. The molecule has 0 atom stereocenters. The number of nitro benzene ring substituents is 1. The van der Waals surface area contributed by atoms with Gasteiger partial charge in [0.2, 0.25) is 16.9 Å². The summed E-state index contributed by atoms with van der Waals surface area (Å²) in [5, 5.41) is 31.3. The van der Waals surface area contributed by atoms with Gasteiger partial charge in [0.05, 0.1) is 16.4 Å². The minimum Gasteiger partial charge on any atom is -0.420 e. The highest BCUT2D eigenvalue weighted by Crippen LogP contribution is 2.26. The van der Waals surface area contributed by atoms with E-state index in [1.54, 1.807) is 16.8 Å². The molecule has 152 valence electrons. The lowest BCUT2D eigenvalue weighted by molar-refractivity contribution is -0.384. The van der Waals surface area contributed by atoms with Crippen LogP contribution in [0.2, 0.25) is 0 Å². The van der Waals surface area contributed by atoms with Crippen molar-refractivity contribution >= 4 is 17.4 Å². The number of hydrogen-bond acceptors (Lipinski definition) is 9. The molecule has 4 rings (SSSR count). The minimum absolute atomic E-state index is 0.00214. The summed E-state index contributed by atoms with van der Waals surface area (Å²) in [5.74, 6) is 1.52. The van der Waals surface area contributed by atoms with Crippen LogP contribution in [-0.4, -0.2) is 35.3 Å². The van der Waals surface area contributed by atoms with Crippen molar-refractivity contribution in [1.82, 2.24) is 30.4 Å². The second-order valence-corrected chi connectivity index (χ2v) is 7.66. The van der Waals surface area contributed by atoms with Gasteiger partial charge in [-0.1, -0.05) is 37.7 Å². The maximum absolute atomic E-state index is 10.8. The molecule has 0 fully saturated rings. The van der Waals surface area contributed by atoms with Crippen LogP contribution in [0.25, 0.3) is 17.1 Å². The molecule has 0 unspecified atom stereocenters. The zero-order valence-electron chi connectivity index (χ0n) is 16.2. The molecule has 0 aliphatic carbocycles. The van der Waals surface area contributed by atoms with Crippen LogP contribution in [0.3, 0.4) is 0 Å². The SMILES string of the molecule is CC(C)c1ccc(-n2nnnc2SCc2nnc(-c3ccc([N+](=O)[O-])cc3)o2)cc1. The van der Waals surface area contributed by atoms with Gasteiger partial charge in [-0.3, -0.25) is 10.1 Å². The van der Waals surface area contributed by atoms with E-state index in [9.17, 15) is 10.1 Å². The summed E-state index contributed by atoms with van der Waals surface area (Å²) >= 11 is 1.37. The van der Waals surface area contributed by atoms with Gasteiger partial charge in [0.25, 0.3) is 5.69 Å².